The Morgan fingerprint density at radius 3 is 2.63 bits per heavy atom. The first-order valence-electron chi connectivity index (χ1n) is 9.33. The molecule has 0 spiro atoms. The van der Waals surface area contributed by atoms with E-state index in [4.69, 9.17) is 4.74 Å². The number of H-pyrrole nitrogens is 1. The van der Waals surface area contributed by atoms with Crippen LogP contribution in [0.2, 0.25) is 0 Å². The van der Waals surface area contributed by atoms with Crippen molar-refractivity contribution in [3.8, 4) is 11.3 Å². The number of aromatic nitrogens is 2. The third-order valence-corrected chi connectivity index (χ3v) is 4.68. The van der Waals surface area contributed by atoms with Gasteiger partial charge in [0.2, 0.25) is 0 Å². The lowest BCUT2D eigenvalue weighted by Gasteiger charge is -2.26. The number of amides is 1. The molecule has 0 unspecified atom stereocenters. The van der Waals surface area contributed by atoms with Crippen molar-refractivity contribution in [2.45, 2.75) is 19.8 Å². The molecule has 1 aromatic heterocycles. The summed E-state index contributed by atoms with van der Waals surface area (Å²) in [5.74, 6) is 0.127. The molecular weight excluding hydrogens is 344 g/mol. The lowest BCUT2D eigenvalue weighted by molar-refractivity contribution is 0.0383. The normalized spacial score (nSPS) is 15.1. The predicted molar refractivity (Wildman–Crippen MR) is 104 cm³/mol. The highest BCUT2D eigenvalue weighted by atomic mass is 16.5. The second-order valence-electron chi connectivity index (χ2n) is 6.97. The van der Waals surface area contributed by atoms with Crippen molar-refractivity contribution in [2.24, 2.45) is 0 Å². The second kappa shape index (κ2) is 8.92. The molecule has 7 nitrogen and oxygen atoms in total. The largest absolute Gasteiger partial charge is 0.379 e. The maximum Gasteiger partial charge on any atom is 0.346 e. The molecule has 0 aliphatic carbocycles. The monoisotopic (exact) mass is 370 g/mol. The fourth-order valence-electron chi connectivity index (χ4n) is 3.01. The van der Waals surface area contributed by atoms with Gasteiger partial charge in [-0.2, -0.15) is 4.98 Å². The fraction of sp³-hybridized carbons (Fsp3) is 0.450. The molecule has 1 amide bonds. The van der Waals surface area contributed by atoms with Crippen LogP contribution in [0.1, 0.15) is 35.8 Å². The number of benzene rings is 1. The van der Waals surface area contributed by atoms with E-state index in [1.807, 2.05) is 24.3 Å². The van der Waals surface area contributed by atoms with Crippen molar-refractivity contribution in [3.05, 3.63) is 52.1 Å². The van der Waals surface area contributed by atoms with Crippen molar-refractivity contribution in [2.75, 3.05) is 39.4 Å². The second-order valence-corrected chi connectivity index (χ2v) is 6.97. The fourth-order valence-corrected chi connectivity index (χ4v) is 3.01. The lowest BCUT2D eigenvalue weighted by atomic mass is 10.0. The van der Waals surface area contributed by atoms with Crippen LogP contribution in [0.25, 0.3) is 11.3 Å². The van der Waals surface area contributed by atoms with Gasteiger partial charge in [-0.3, -0.25) is 9.69 Å². The molecule has 2 aromatic rings. The van der Waals surface area contributed by atoms with E-state index < -0.39 is 5.69 Å². The Morgan fingerprint density at radius 1 is 1.26 bits per heavy atom. The van der Waals surface area contributed by atoms with Gasteiger partial charge in [0.15, 0.2) is 0 Å². The Kier molecular flexibility index (Phi) is 6.36. The number of carbonyl (C=O) groups excluding carboxylic acids is 1. The van der Waals surface area contributed by atoms with Crippen LogP contribution in [-0.2, 0) is 4.74 Å². The van der Waals surface area contributed by atoms with Gasteiger partial charge in [0.1, 0.15) is 5.69 Å². The Morgan fingerprint density at radius 2 is 1.96 bits per heavy atom. The molecule has 7 heteroatoms. The molecule has 0 radical (unpaired) electrons. The summed E-state index contributed by atoms with van der Waals surface area (Å²) in [5.41, 5.74) is 2.21. The molecule has 3 rings (SSSR count). The summed E-state index contributed by atoms with van der Waals surface area (Å²) in [5, 5.41) is 2.86. The number of nitrogens with zero attached hydrogens (tertiary/aromatic N) is 2. The first kappa shape index (κ1) is 19.3. The standard InChI is InChI=1S/C20H26N4O3/c1-14(2)15-3-5-16(6-4-15)17-13-18(23-20(26)22-17)19(25)21-7-8-24-9-11-27-12-10-24/h3-6,13-14H,7-12H2,1-2H3,(H,21,25)(H,22,23,26). The smallest absolute Gasteiger partial charge is 0.346 e. The zero-order chi connectivity index (χ0) is 19.2. The predicted octanol–water partition coefficient (Wildman–Crippen LogP) is 1.62. The maximum absolute atomic E-state index is 12.4. The van der Waals surface area contributed by atoms with Crippen molar-refractivity contribution in [1.29, 1.82) is 0 Å². The molecule has 1 saturated heterocycles. The molecule has 1 aliphatic rings. The van der Waals surface area contributed by atoms with Gasteiger partial charge in [0.25, 0.3) is 5.91 Å². The Hall–Kier alpha value is -2.51. The van der Waals surface area contributed by atoms with Crippen LogP contribution in [0.3, 0.4) is 0 Å². The van der Waals surface area contributed by atoms with Gasteiger partial charge < -0.3 is 15.0 Å². The number of hydrogen-bond donors (Lipinski definition) is 2. The summed E-state index contributed by atoms with van der Waals surface area (Å²) >= 11 is 0. The number of aromatic amines is 1. The van der Waals surface area contributed by atoms with Gasteiger partial charge in [0, 0.05) is 31.7 Å². The number of nitrogens with one attached hydrogen (secondary N) is 2. The summed E-state index contributed by atoms with van der Waals surface area (Å²) in [6.45, 7) is 8.72. The van der Waals surface area contributed by atoms with E-state index in [9.17, 15) is 9.59 Å². The topological polar surface area (TPSA) is 87.3 Å². The average molecular weight is 370 g/mol. The summed E-state index contributed by atoms with van der Waals surface area (Å²) in [4.78, 5) is 33.1. The van der Waals surface area contributed by atoms with Crippen LogP contribution in [0, 0.1) is 0 Å². The Labute approximate surface area is 158 Å². The van der Waals surface area contributed by atoms with Crippen molar-refractivity contribution < 1.29 is 9.53 Å². The van der Waals surface area contributed by atoms with E-state index in [2.05, 4.69) is 34.0 Å². The van der Waals surface area contributed by atoms with Crippen molar-refractivity contribution in [3.63, 3.8) is 0 Å². The molecule has 0 atom stereocenters. The highest BCUT2D eigenvalue weighted by Gasteiger charge is 2.13. The van der Waals surface area contributed by atoms with Gasteiger partial charge in [-0.15, -0.1) is 0 Å². The van der Waals surface area contributed by atoms with E-state index in [0.717, 1.165) is 38.4 Å². The van der Waals surface area contributed by atoms with Crippen LogP contribution in [0.4, 0.5) is 0 Å². The minimum Gasteiger partial charge on any atom is -0.379 e. The minimum atomic E-state index is -0.529. The van der Waals surface area contributed by atoms with Gasteiger partial charge in [-0.25, -0.2) is 4.79 Å². The van der Waals surface area contributed by atoms with Gasteiger partial charge in [-0.1, -0.05) is 38.1 Å². The van der Waals surface area contributed by atoms with Crippen molar-refractivity contribution in [1.82, 2.24) is 20.2 Å². The van der Waals surface area contributed by atoms with E-state index in [1.165, 1.54) is 5.56 Å². The third-order valence-electron chi connectivity index (χ3n) is 4.68. The summed E-state index contributed by atoms with van der Waals surface area (Å²) in [7, 11) is 0. The molecule has 2 heterocycles. The highest BCUT2D eigenvalue weighted by molar-refractivity contribution is 5.93. The quantitative estimate of drug-likeness (QED) is 0.807. The van der Waals surface area contributed by atoms with Gasteiger partial charge >= 0.3 is 5.69 Å². The van der Waals surface area contributed by atoms with E-state index >= 15 is 0 Å². The number of rotatable bonds is 6. The molecule has 1 fully saturated rings. The van der Waals surface area contributed by atoms with Crippen LogP contribution < -0.4 is 11.0 Å². The number of morpholine rings is 1. The molecule has 1 aliphatic heterocycles. The van der Waals surface area contributed by atoms with Crippen LogP contribution in [-0.4, -0.2) is 60.2 Å². The number of hydrogen-bond acceptors (Lipinski definition) is 5. The third kappa shape index (κ3) is 5.24. The zero-order valence-electron chi connectivity index (χ0n) is 15.8. The van der Waals surface area contributed by atoms with E-state index in [-0.39, 0.29) is 11.6 Å². The summed E-state index contributed by atoms with van der Waals surface area (Å²) in [6.07, 6.45) is 0. The molecular formula is C20H26N4O3. The van der Waals surface area contributed by atoms with Crippen LogP contribution >= 0.6 is 0 Å². The molecule has 0 bridgehead atoms. The molecule has 0 saturated carbocycles. The lowest BCUT2D eigenvalue weighted by Crippen LogP contribution is -2.41. The average Bonchev–Trinajstić information content (AvgIpc) is 2.68. The summed E-state index contributed by atoms with van der Waals surface area (Å²) in [6, 6.07) is 9.51. The Balaban J connectivity index is 1.66. The van der Waals surface area contributed by atoms with Crippen molar-refractivity contribution >= 4 is 5.91 Å². The van der Waals surface area contributed by atoms with Crippen LogP contribution in [0.15, 0.2) is 35.1 Å². The van der Waals surface area contributed by atoms with Gasteiger partial charge in [0.05, 0.1) is 18.9 Å². The zero-order valence-corrected chi connectivity index (χ0v) is 15.8. The van der Waals surface area contributed by atoms with E-state index in [0.29, 0.717) is 18.2 Å². The molecule has 1 aromatic carbocycles. The van der Waals surface area contributed by atoms with E-state index in [1.54, 1.807) is 6.07 Å². The maximum atomic E-state index is 12.4. The number of carbonyl (C=O) groups is 1. The van der Waals surface area contributed by atoms with Gasteiger partial charge in [-0.05, 0) is 17.5 Å². The van der Waals surface area contributed by atoms with Crippen LogP contribution in [0.5, 0.6) is 0 Å². The summed E-state index contributed by atoms with van der Waals surface area (Å²) < 4.78 is 5.31. The molecule has 144 valence electrons. The first-order valence-corrected chi connectivity index (χ1v) is 9.33. The minimum absolute atomic E-state index is 0.222. The number of ether oxygens (including phenoxy) is 1. The highest BCUT2D eigenvalue weighted by Crippen LogP contribution is 2.20. The SMILES string of the molecule is CC(C)c1ccc(-c2cc(C(=O)NCCN3CCOCC3)[nH]c(=O)n2)cc1. The molecule has 2 N–H and O–H groups in total. The Bertz CT molecular complexity index is 824. The first-order chi connectivity index (χ1) is 13.0. The molecule has 27 heavy (non-hydrogen) atoms.